The Morgan fingerprint density at radius 2 is 1.80 bits per heavy atom. The molecule has 0 spiro atoms. The first kappa shape index (κ1) is 29.0. The van der Waals surface area contributed by atoms with Gasteiger partial charge < -0.3 is 25.4 Å². The third-order valence-corrected chi connectivity index (χ3v) is 7.18. The molecule has 0 saturated heterocycles. The molecular weight excluding hydrogens is 506 g/mol. The summed E-state index contributed by atoms with van der Waals surface area (Å²) in [5.74, 6) is 0.526. The molecule has 1 aliphatic rings. The van der Waals surface area contributed by atoms with Crippen LogP contribution in [0.25, 0.3) is 0 Å². The maximum Gasteiger partial charge on any atom is 0.323 e. The third-order valence-electron chi connectivity index (χ3n) is 7.18. The summed E-state index contributed by atoms with van der Waals surface area (Å²) >= 11 is 0. The molecule has 40 heavy (non-hydrogen) atoms. The molecule has 0 saturated carbocycles. The molecule has 212 valence electrons. The Labute approximate surface area is 236 Å². The van der Waals surface area contributed by atoms with E-state index in [-0.39, 0.29) is 43.0 Å². The molecule has 3 atom stereocenters. The topological polar surface area (TPSA) is 107 Å². The van der Waals surface area contributed by atoms with Gasteiger partial charge in [-0.2, -0.15) is 0 Å². The molecule has 0 bridgehead atoms. The largest absolute Gasteiger partial charge is 0.488 e. The number of likely N-dealkylation sites (N-methyl/N-ethyl adjacent to an activating group) is 1. The van der Waals surface area contributed by atoms with Gasteiger partial charge in [-0.15, -0.1) is 0 Å². The van der Waals surface area contributed by atoms with E-state index in [9.17, 15) is 14.7 Å². The number of aliphatic hydroxyl groups excluding tert-OH is 1. The van der Waals surface area contributed by atoms with Crippen LogP contribution in [0.15, 0.2) is 67.0 Å². The van der Waals surface area contributed by atoms with Crippen molar-refractivity contribution in [3.8, 4) is 5.75 Å². The molecule has 3 amide bonds. The molecule has 3 N–H and O–H groups in total. The number of ether oxygens (including phenoxy) is 1. The van der Waals surface area contributed by atoms with Crippen molar-refractivity contribution in [1.29, 1.82) is 0 Å². The van der Waals surface area contributed by atoms with Gasteiger partial charge in [0.15, 0.2) is 0 Å². The van der Waals surface area contributed by atoms with Crippen LogP contribution >= 0.6 is 0 Å². The van der Waals surface area contributed by atoms with Crippen LogP contribution in [0.1, 0.15) is 30.5 Å². The Hall–Kier alpha value is -3.95. The number of nitrogens with one attached hydrogen (secondary N) is 2. The number of pyridine rings is 1. The lowest BCUT2D eigenvalue weighted by atomic mass is 10.0. The van der Waals surface area contributed by atoms with Crippen molar-refractivity contribution in [3.63, 3.8) is 0 Å². The summed E-state index contributed by atoms with van der Waals surface area (Å²) in [6.45, 7) is 7.62. The fraction of sp³-hybridized carbons (Fsp3) is 0.387. The summed E-state index contributed by atoms with van der Waals surface area (Å²) in [5.41, 5.74) is 4.18. The number of anilines is 2. The molecule has 2 heterocycles. The minimum Gasteiger partial charge on any atom is -0.488 e. The standard InChI is InChI=1S/C31H39N5O4/c1-21-5-7-26(8-6-21)33-31(39)34-27-9-10-28-25(15-27)16-30(38)36(23(3)20-37)17-22(2)29(40-28)19-35(4)18-24-11-13-32-14-12-24/h5-15,22-23,29,37H,16-20H2,1-4H3,(H2,33,34,39)/t22?,23-,29-/m0/s1. The third kappa shape index (κ3) is 7.80. The molecule has 1 unspecified atom stereocenters. The monoisotopic (exact) mass is 545 g/mol. The van der Waals surface area contributed by atoms with Crippen LogP contribution in [0.5, 0.6) is 5.75 Å². The summed E-state index contributed by atoms with van der Waals surface area (Å²) < 4.78 is 6.59. The van der Waals surface area contributed by atoms with E-state index < -0.39 is 0 Å². The fourth-order valence-electron chi connectivity index (χ4n) is 4.83. The minimum atomic E-state index is -0.376. The van der Waals surface area contributed by atoms with E-state index in [0.29, 0.717) is 35.8 Å². The average molecular weight is 546 g/mol. The molecule has 9 nitrogen and oxygen atoms in total. The quantitative estimate of drug-likeness (QED) is 0.389. The molecule has 0 radical (unpaired) electrons. The van der Waals surface area contributed by atoms with Gasteiger partial charge in [-0.25, -0.2) is 4.79 Å². The highest BCUT2D eigenvalue weighted by Crippen LogP contribution is 2.29. The van der Waals surface area contributed by atoms with E-state index in [2.05, 4.69) is 27.4 Å². The molecule has 1 aliphatic heterocycles. The molecule has 0 aliphatic carbocycles. The molecule has 2 aromatic carbocycles. The van der Waals surface area contributed by atoms with Crippen molar-refractivity contribution in [3.05, 3.63) is 83.7 Å². The Morgan fingerprint density at radius 3 is 2.50 bits per heavy atom. The lowest BCUT2D eigenvalue weighted by Crippen LogP contribution is -2.47. The number of carbonyl (C=O) groups is 2. The van der Waals surface area contributed by atoms with Crippen LogP contribution in [0.3, 0.4) is 0 Å². The van der Waals surface area contributed by atoms with E-state index in [1.165, 1.54) is 0 Å². The molecule has 4 rings (SSSR count). The lowest BCUT2D eigenvalue weighted by Gasteiger charge is -2.34. The van der Waals surface area contributed by atoms with Gasteiger partial charge in [-0.05, 0) is 68.9 Å². The van der Waals surface area contributed by atoms with Crippen molar-refractivity contribution < 1.29 is 19.4 Å². The number of aliphatic hydroxyl groups is 1. The van der Waals surface area contributed by atoms with Crippen LogP contribution in [0.4, 0.5) is 16.2 Å². The summed E-state index contributed by atoms with van der Waals surface area (Å²) in [6.07, 6.45) is 3.45. The second kappa shape index (κ2) is 13.4. The van der Waals surface area contributed by atoms with Crippen LogP contribution in [0.2, 0.25) is 0 Å². The highest BCUT2D eigenvalue weighted by Gasteiger charge is 2.31. The minimum absolute atomic E-state index is 0.00174. The van der Waals surface area contributed by atoms with Gasteiger partial charge in [0.05, 0.1) is 19.1 Å². The van der Waals surface area contributed by atoms with Crippen molar-refractivity contribution in [1.82, 2.24) is 14.8 Å². The van der Waals surface area contributed by atoms with Crippen LogP contribution in [0, 0.1) is 12.8 Å². The smallest absolute Gasteiger partial charge is 0.323 e. The zero-order valence-corrected chi connectivity index (χ0v) is 23.6. The first-order chi connectivity index (χ1) is 19.2. The number of aromatic nitrogens is 1. The van der Waals surface area contributed by atoms with Crippen molar-refractivity contribution in [2.24, 2.45) is 5.92 Å². The van der Waals surface area contributed by atoms with Gasteiger partial charge in [-0.3, -0.25) is 14.7 Å². The van der Waals surface area contributed by atoms with Gasteiger partial charge in [0.1, 0.15) is 11.9 Å². The van der Waals surface area contributed by atoms with Crippen molar-refractivity contribution >= 4 is 23.3 Å². The van der Waals surface area contributed by atoms with E-state index >= 15 is 0 Å². The average Bonchev–Trinajstić information content (AvgIpc) is 2.97. The maximum absolute atomic E-state index is 13.4. The SMILES string of the molecule is Cc1ccc(NC(=O)Nc2ccc3c(c2)CC(=O)N([C@@H](C)CO)CC(C)[C@H](CN(C)Cc2ccncc2)O3)cc1. The Kier molecular flexibility index (Phi) is 9.74. The summed E-state index contributed by atoms with van der Waals surface area (Å²) in [4.78, 5) is 34.1. The number of hydrogen-bond acceptors (Lipinski definition) is 6. The maximum atomic E-state index is 13.4. The summed E-state index contributed by atoms with van der Waals surface area (Å²) in [5, 5.41) is 15.6. The van der Waals surface area contributed by atoms with Gasteiger partial charge >= 0.3 is 6.03 Å². The van der Waals surface area contributed by atoms with E-state index in [1.54, 1.807) is 29.4 Å². The molecule has 3 aromatic rings. The number of amides is 3. The Balaban J connectivity index is 1.55. The highest BCUT2D eigenvalue weighted by atomic mass is 16.5. The van der Waals surface area contributed by atoms with Crippen molar-refractivity contribution in [2.75, 3.05) is 37.4 Å². The molecular formula is C31H39N5O4. The number of aryl methyl sites for hydroxylation is 1. The molecule has 9 heteroatoms. The van der Waals surface area contributed by atoms with Gasteiger partial charge in [0.25, 0.3) is 0 Å². The second-order valence-electron chi connectivity index (χ2n) is 10.7. The first-order valence-corrected chi connectivity index (χ1v) is 13.6. The first-order valence-electron chi connectivity index (χ1n) is 13.6. The number of benzene rings is 2. The van der Waals surface area contributed by atoms with E-state index in [0.717, 1.165) is 17.7 Å². The second-order valence-corrected chi connectivity index (χ2v) is 10.7. The predicted octanol–water partition coefficient (Wildman–Crippen LogP) is 4.32. The van der Waals surface area contributed by atoms with Gasteiger partial charge in [-0.1, -0.05) is 24.6 Å². The number of nitrogens with zero attached hydrogens (tertiary/aromatic N) is 3. The predicted molar refractivity (Wildman–Crippen MR) is 156 cm³/mol. The lowest BCUT2D eigenvalue weighted by molar-refractivity contribution is -0.134. The Morgan fingerprint density at radius 1 is 1.12 bits per heavy atom. The highest BCUT2D eigenvalue weighted by molar-refractivity contribution is 6.00. The van der Waals surface area contributed by atoms with Gasteiger partial charge in [0.2, 0.25) is 5.91 Å². The number of urea groups is 1. The van der Waals surface area contributed by atoms with Crippen LogP contribution < -0.4 is 15.4 Å². The van der Waals surface area contributed by atoms with Crippen LogP contribution in [-0.2, 0) is 17.8 Å². The van der Waals surface area contributed by atoms with E-state index in [4.69, 9.17) is 4.74 Å². The van der Waals surface area contributed by atoms with Crippen LogP contribution in [-0.4, -0.2) is 70.7 Å². The van der Waals surface area contributed by atoms with Gasteiger partial charge in [0, 0.05) is 54.9 Å². The summed E-state index contributed by atoms with van der Waals surface area (Å²) in [6, 6.07) is 16.2. The normalized spacial score (nSPS) is 18.1. The summed E-state index contributed by atoms with van der Waals surface area (Å²) in [7, 11) is 2.04. The zero-order chi connectivity index (χ0) is 28.6. The number of hydrogen-bond donors (Lipinski definition) is 3. The van der Waals surface area contributed by atoms with Crippen molar-refractivity contribution in [2.45, 2.75) is 45.9 Å². The van der Waals surface area contributed by atoms with E-state index in [1.807, 2.05) is 63.4 Å². The Bertz CT molecular complexity index is 1280. The number of fused-ring (bicyclic) bond motifs is 1. The molecule has 1 aromatic heterocycles. The number of carbonyl (C=O) groups excluding carboxylic acids is 2. The zero-order valence-electron chi connectivity index (χ0n) is 23.6. The number of rotatable bonds is 8. The molecule has 0 fully saturated rings. The fourth-order valence-corrected chi connectivity index (χ4v) is 4.83.